The molecule has 0 N–H and O–H groups in total. The maximum Gasteiger partial charge on any atom is 0.208 e. The minimum atomic E-state index is -0.582. The van der Waals surface area contributed by atoms with Gasteiger partial charge in [0.25, 0.3) is 0 Å². The van der Waals surface area contributed by atoms with Crippen molar-refractivity contribution in [1.29, 1.82) is 0 Å². The van der Waals surface area contributed by atoms with E-state index in [0.29, 0.717) is 5.69 Å². The van der Waals surface area contributed by atoms with Gasteiger partial charge in [0.05, 0.1) is 6.20 Å². The highest BCUT2D eigenvalue weighted by Crippen LogP contribution is 2.29. The predicted molar refractivity (Wildman–Crippen MR) is 58.2 cm³/mol. The highest BCUT2D eigenvalue weighted by Gasteiger charge is 2.26. The van der Waals surface area contributed by atoms with E-state index in [1.165, 1.54) is 0 Å². The standard InChI is InChI=1S/C11H14N2O6/c1-7-8(10-16-3-14-4-17-10)2-12-13-9(7)11-18-5-15-6-19-11/h2,10-11H,3-6H2,1H3. The second kappa shape index (κ2) is 5.87. The molecule has 8 nitrogen and oxygen atoms in total. The fourth-order valence-corrected chi connectivity index (χ4v) is 1.88. The second-order valence-electron chi connectivity index (χ2n) is 4.02. The van der Waals surface area contributed by atoms with Gasteiger partial charge in [-0.2, -0.15) is 5.10 Å². The van der Waals surface area contributed by atoms with E-state index in [0.717, 1.165) is 11.1 Å². The summed E-state index contributed by atoms with van der Waals surface area (Å²) in [5.74, 6) is 0. The van der Waals surface area contributed by atoms with Crippen molar-refractivity contribution in [2.75, 3.05) is 27.2 Å². The first kappa shape index (κ1) is 12.9. The van der Waals surface area contributed by atoms with Crippen molar-refractivity contribution in [2.24, 2.45) is 0 Å². The Morgan fingerprint density at radius 2 is 1.53 bits per heavy atom. The molecule has 19 heavy (non-hydrogen) atoms. The summed E-state index contributed by atoms with van der Waals surface area (Å²) in [4.78, 5) is 0. The van der Waals surface area contributed by atoms with Crippen LogP contribution in [0.3, 0.4) is 0 Å². The number of ether oxygens (including phenoxy) is 6. The van der Waals surface area contributed by atoms with Crippen molar-refractivity contribution >= 4 is 0 Å². The molecular weight excluding hydrogens is 256 g/mol. The van der Waals surface area contributed by atoms with Gasteiger partial charge in [0.2, 0.25) is 6.29 Å². The van der Waals surface area contributed by atoms with Crippen LogP contribution >= 0.6 is 0 Å². The molecule has 3 rings (SSSR count). The molecule has 2 fully saturated rings. The Morgan fingerprint density at radius 3 is 2.16 bits per heavy atom. The summed E-state index contributed by atoms with van der Waals surface area (Å²) < 4.78 is 31.3. The monoisotopic (exact) mass is 270 g/mol. The third-order valence-electron chi connectivity index (χ3n) is 2.87. The smallest absolute Gasteiger partial charge is 0.208 e. The van der Waals surface area contributed by atoms with Crippen LogP contribution in [0, 0.1) is 6.92 Å². The molecule has 1 aromatic rings. The maximum absolute atomic E-state index is 5.37. The van der Waals surface area contributed by atoms with E-state index in [-0.39, 0.29) is 27.2 Å². The van der Waals surface area contributed by atoms with Crippen LogP contribution < -0.4 is 0 Å². The minimum Gasteiger partial charge on any atom is -0.329 e. The van der Waals surface area contributed by atoms with Crippen LogP contribution in [0.2, 0.25) is 0 Å². The van der Waals surface area contributed by atoms with E-state index in [1.54, 1.807) is 6.20 Å². The molecule has 0 saturated carbocycles. The Hall–Kier alpha value is -1.16. The van der Waals surface area contributed by atoms with E-state index in [9.17, 15) is 0 Å². The summed E-state index contributed by atoms with van der Waals surface area (Å²) in [5.41, 5.74) is 2.24. The van der Waals surface area contributed by atoms with Crippen LogP contribution in [0.4, 0.5) is 0 Å². The Bertz CT molecular complexity index is 395. The minimum absolute atomic E-state index is 0.167. The molecule has 104 valence electrons. The van der Waals surface area contributed by atoms with Gasteiger partial charge in [-0.05, 0) is 12.5 Å². The summed E-state index contributed by atoms with van der Waals surface area (Å²) in [5, 5.41) is 8.00. The molecule has 0 amide bonds. The van der Waals surface area contributed by atoms with Crippen molar-refractivity contribution in [1.82, 2.24) is 10.2 Å². The Labute approximate surface area is 109 Å². The first-order chi connectivity index (χ1) is 9.36. The van der Waals surface area contributed by atoms with Gasteiger partial charge in [0, 0.05) is 5.56 Å². The van der Waals surface area contributed by atoms with Gasteiger partial charge in [-0.25, -0.2) is 0 Å². The van der Waals surface area contributed by atoms with E-state index in [4.69, 9.17) is 28.4 Å². The van der Waals surface area contributed by atoms with Gasteiger partial charge in [-0.3, -0.25) is 0 Å². The average molecular weight is 270 g/mol. The summed E-state index contributed by atoms with van der Waals surface area (Å²) in [6.07, 6.45) is 0.512. The zero-order valence-corrected chi connectivity index (χ0v) is 10.4. The first-order valence-electron chi connectivity index (χ1n) is 5.80. The van der Waals surface area contributed by atoms with Gasteiger partial charge >= 0.3 is 0 Å². The van der Waals surface area contributed by atoms with E-state index >= 15 is 0 Å². The topological polar surface area (TPSA) is 81.2 Å². The van der Waals surface area contributed by atoms with Crippen molar-refractivity contribution in [3.8, 4) is 0 Å². The lowest BCUT2D eigenvalue weighted by Gasteiger charge is -2.27. The fourth-order valence-electron chi connectivity index (χ4n) is 1.88. The fraction of sp³-hybridized carbons (Fsp3) is 0.636. The number of aromatic nitrogens is 2. The quantitative estimate of drug-likeness (QED) is 0.778. The molecule has 0 aromatic carbocycles. The molecule has 2 aliphatic rings. The highest BCUT2D eigenvalue weighted by atomic mass is 16.8. The molecule has 0 atom stereocenters. The van der Waals surface area contributed by atoms with Crippen molar-refractivity contribution in [3.63, 3.8) is 0 Å². The van der Waals surface area contributed by atoms with Crippen LogP contribution in [0.15, 0.2) is 6.20 Å². The zero-order valence-electron chi connectivity index (χ0n) is 10.4. The molecule has 0 aliphatic carbocycles. The van der Waals surface area contributed by atoms with Gasteiger partial charge in [0.1, 0.15) is 5.69 Å². The molecule has 2 aliphatic heterocycles. The molecule has 8 heteroatoms. The Morgan fingerprint density at radius 1 is 0.947 bits per heavy atom. The Balaban J connectivity index is 1.84. The molecule has 0 unspecified atom stereocenters. The lowest BCUT2D eigenvalue weighted by atomic mass is 10.1. The van der Waals surface area contributed by atoms with Crippen molar-refractivity contribution in [2.45, 2.75) is 19.5 Å². The number of hydrogen-bond acceptors (Lipinski definition) is 8. The summed E-state index contributed by atoms with van der Waals surface area (Å²) in [6, 6.07) is 0. The molecular formula is C11H14N2O6. The van der Waals surface area contributed by atoms with E-state index < -0.39 is 12.6 Å². The van der Waals surface area contributed by atoms with Crippen molar-refractivity contribution in [3.05, 3.63) is 23.0 Å². The lowest BCUT2D eigenvalue weighted by Crippen LogP contribution is -2.24. The van der Waals surface area contributed by atoms with Crippen LogP contribution in [-0.2, 0) is 28.4 Å². The van der Waals surface area contributed by atoms with E-state index in [1.807, 2.05) is 6.92 Å². The number of hydrogen-bond donors (Lipinski definition) is 0. The second-order valence-corrected chi connectivity index (χ2v) is 4.02. The first-order valence-corrected chi connectivity index (χ1v) is 5.80. The van der Waals surface area contributed by atoms with E-state index in [2.05, 4.69) is 10.2 Å². The van der Waals surface area contributed by atoms with Crippen molar-refractivity contribution < 1.29 is 28.4 Å². The van der Waals surface area contributed by atoms with Gasteiger partial charge < -0.3 is 28.4 Å². The highest BCUT2D eigenvalue weighted by molar-refractivity contribution is 5.28. The molecule has 2 saturated heterocycles. The summed E-state index contributed by atoms with van der Waals surface area (Å²) in [7, 11) is 0. The zero-order chi connectivity index (χ0) is 13.1. The Kier molecular flexibility index (Phi) is 3.97. The largest absolute Gasteiger partial charge is 0.329 e. The SMILES string of the molecule is Cc1c(C2OCOCO2)cnnc1C1OCOCO1. The van der Waals surface area contributed by atoms with Crippen LogP contribution in [0.5, 0.6) is 0 Å². The summed E-state index contributed by atoms with van der Waals surface area (Å²) in [6.45, 7) is 2.60. The van der Waals surface area contributed by atoms with Crippen LogP contribution in [0.1, 0.15) is 29.4 Å². The van der Waals surface area contributed by atoms with Gasteiger partial charge in [-0.1, -0.05) is 0 Å². The third-order valence-corrected chi connectivity index (χ3v) is 2.87. The van der Waals surface area contributed by atoms with Gasteiger partial charge in [-0.15, -0.1) is 5.10 Å². The molecule has 0 bridgehead atoms. The third kappa shape index (κ3) is 2.73. The van der Waals surface area contributed by atoms with Crippen LogP contribution in [0.25, 0.3) is 0 Å². The maximum atomic E-state index is 5.37. The van der Waals surface area contributed by atoms with Crippen LogP contribution in [-0.4, -0.2) is 37.4 Å². The number of nitrogens with zero attached hydrogens (tertiary/aromatic N) is 2. The predicted octanol–water partition coefficient (Wildman–Crippen LogP) is 0.739. The molecule has 3 heterocycles. The normalized spacial score (nSPS) is 22.6. The average Bonchev–Trinajstić information content (AvgIpc) is 2.49. The summed E-state index contributed by atoms with van der Waals surface area (Å²) >= 11 is 0. The lowest BCUT2D eigenvalue weighted by molar-refractivity contribution is -0.306. The molecule has 1 aromatic heterocycles. The molecule has 0 spiro atoms. The molecule has 0 radical (unpaired) electrons. The van der Waals surface area contributed by atoms with Gasteiger partial charge in [0.15, 0.2) is 33.5 Å². The number of rotatable bonds is 2.